The number of aldehydes is 1. The van der Waals surface area contributed by atoms with Gasteiger partial charge in [-0.1, -0.05) is 0 Å². The molecule has 0 fully saturated rings. The van der Waals surface area contributed by atoms with Gasteiger partial charge in [0.1, 0.15) is 6.10 Å². The van der Waals surface area contributed by atoms with E-state index in [2.05, 4.69) is 5.32 Å². The molecule has 0 saturated heterocycles. The van der Waals surface area contributed by atoms with Gasteiger partial charge in [-0.05, 0) is 24.7 Å². The Kier molecular flexibility index (Phi) is 4.73. The summed E-state index contributed by atoms with van der Waals surface area (Å²) in [5.74, 6) is 1.29. The van der Waals surface area contributed by atoms with Crippen LogP contribution < -0.4 is 20.3 Å². The molecule has 5 rings (SSSR count). The van der Waals surface area contributed by atoms with Crippen molar-refractivity contribution < 1.29 is 24.1 Å². The first kappa shape index (κ1) is 19.7. The first-order chi connectivity index (χ1) is 15.1. The molecule has 0 spiro atoms. The summed E-state index contributed by atoms with van der Waals surface area (Å²) in [6.07, 6.45) is -1.01. The fourth-order valence-electron chi connectivity index (χ4n) is 4.37. The largest absolute Gasteiger partial charge is 0.454 e. The number of carbonyl (C=O) groups is 1. The van der Waals surface area contributed by atoms with Gasteiger partial charge in [-0.3, -0.25) is 4.79 Å². The molecule has 1 aromatic carbocycles. The molecule has 0 aliphatic carbocycles. The second-order valence-corrected chi connectivity index (χ2v) is 7.54. The first-order valence-electron chi connectivity index (χ1n) is 9.86. The summed E-state index contributed by atoms with van der Waals surface area (Å²) in [7, 11) is 3.32. The van der Waals surface area contributed by atoms with Crippen LogP contribution in [0.1, 0.15) is 28.4 Å². The summed E-state index contributed by atoms with van der Waals surface area (Å²) in [4.78, 5) is 29.4. The van der Waals surface area contributed by atoms with Crippen LogP contribution in [-0.4, -0.2) is 41.9 Å². The Morgan fingerprint density at radius 1 is 1.29 bits per heavy atom. The SMILES string of the molecule is CNCc1c2c(nc3cc4c(cc13)OCO4)-c1cc(C(O)C=O)c(COC)c(=O)n1C2. The number of hydrogen-bond donors (Lipinski definition) is 2. The molecular formula is C22H21N3O6. The lowest BCUT2D eigenvalue weighted by Gasteiger charge is -2.14. The van der Waals surface area contributed by atoms with Crippen molar-refractivity contribution in [2.45, 2.75) is 25.8 Å². The molecule has 2 aliphatic rings. The molecule has 0 amide bonds. The van der Waals surface area contributed by atoms with Crippen LogP contribution in [0, 0.1) is 0 Å². The van der Waals surface area contributed by atoms with E-state index in [0.29, 0.717) is 47.8 Å². The van der Waals surface area contributed by atoms with Crippen LogP contribution in [0.4, 0.5) is 0 Å². The third-order valence-corrected chi connectivity index (χ3v) is 5.78. The zero-order valence-electron chi connectivity index (χ0n) is 17.1. The number of aromatic nitrogens is 2. The molecule has 9 heteroatoms. The molecule has 2 aromatic heterocycles. The number of rotatable bonds is 6. The van der Waals surface area contributed by atoms with Crippen molar-refractivity contribution in [2.75, 3.05) is 21.0 Å². The number of aliphatic hydroxyl groups is 1. The Morgan fingerprint density at radius 2 is 2.06 bits per heavy atom. The molecule has 9 nitrogen and oxygen atoms in total. The number of nitrogens with zero attached hydrogens (tertiary/aromatic N) is 2. The molecule has 2 N–H and O–H groups in total. The minimum Gasteiger partial charge on any atom is -0.454 e. The number of hydrogen-bond acceptors (Lipinski definition) is 8. The Labute approximate surface area is 177 Å². The van der Waals surface area contributed by atoms with Gasteiger partial charge in [0.25, 0.3) is 5.56 Å². The van der Waals surface area contributed by atoms with Crippen molar-refractivity contribution in [3.8, 4) is 22.9 Å². The number of nitrogens with one attached hydrogen (secondary N) is 1. The monoisotopic (exact) mass is 423 g/mol. The van der Waals surface area contributed by atoms with Crippen LogP contribution in [0.5, 0.6) is 11.5 Å². The third-order valence-electron chi connectivity index (χ3n) is 5.78. The average molecular weight is 423 g/mol. The van der Waals surface area contributed by atoms with E-state index in [4.69, 9.17) is 19.2 Å². The van der Waals surface area contributed by atoms with Crippen molar-refractivity contribution in [3.05, 3.63) is 50.8 Å². The van der Waals surface area contributed by atoms with Crippen LogP contribution in [0.2, 0.25) is 0 Å². The Morgan fingerprint density at radius 3 is 2.77 bits per heavy atom. The molecule has 4 heterocycles. The molecule has 0 saturated carbocycles. The molecule has 31 heavy (non-hydrogen) atoms. The number of methoxy groups -OCH3 is 1. The minimum atomic E-state index is -1.42. The number of carbonyl (C=O) groups excluding carboxylic acids is 1. The van der Waals surface area contributed by atoms with E-state index in [-0.39, 0.29) is 30.1 Å². The Bertz CT molecular complexity index is 1280. The van der Waals surface area contributed by atoms with Gasteiger partial charge in [0.2, 0.25) is 6.79 Å². The van der Waals surface area contributed by atoms with E-state index in [1.54, 1.807) is 10.6 Å². The van der Waals surface area contributed by atoms with E-state index < -0.39 is 6.10 Å². The van der Waals surface area contributed by atoms with Crippen molar-refractivity contribution in [1.29, 1.82) is 0 Å². The summed E-state index contributed by atoms with van der Waals surface area (Å²) >= 11 is 0. The summed E-state index contributed by atoms with van der Waals surface area (Å²) in [5.41, 5.74) is 4.05. The highest BCUT2D eigenvalue weighted by molar-refractivity contribution is 5.90. The maximum Gasteiger partial charge on any atom is 0.257 e. The topological polar surface area (TPSA) is 112 Å². The highest BCUT2D eigenvalue weighted by Crippen LogP contribution is 2.41. The number of ether oxygens (including phenoxy) is 3. The lowest BCUT2D eigenvalue weighted by Crippen LogP contribution is -2.26. The molecule has 0 radical (unpaired) electrons. The molecule has 160 valence electrons. The highest BCUT2D eigenvalue weighted by Gasteiger charge is 2.30. The van der Waals surface area contributed by atoms with Crippen molar-refractivity contribution in [3.63, 3.8) is 0 Å². The lowest BCUT2D eigenvalue weighted by molar-refractivity contribution is -0.115. The maximum absolute atomic E-state index is 13.3. The Balaban J connectivity index is 1.80. The molecule has 3 aromatic rings. The second kappa shape index (κ2) is 7.45. The molecular weight excluding hydrogens is 402 g/mol. The zero-order chi connectivity index (χ0) is 21.7. The van der Waals surface area contributed by atoms with Gasteiger partial charge in [-0.15, -0.1) is 0 Å². The number of benzene rings is 1. The van der Waals surface area contributed by atoms with Gasteiger partial charge in [-0.25, -0.2) is 4.98 Å². The van der Waals surface area contributed by atoms with Crippen LogP contribution in [0.15, 0.2) is 23.0 Å². The van der Waals surface area contributed by atoms with Crippen LogP contribution in [0.3, 0.4) is 0 Å². The predicted octanol–water partition coefficient (Wildman–Crippen LogP) is 1.25. The first-order valence-corrected chi connectivity index (χ1v) is 9.86. The number of pyridine rings is 2. The van der Waals surface area contributed by atoms with Gasteiger partial charge < -0.3 is 34.0 Å². The number of aliphatic hydroxyl groups excluding tert-OH is 1. The average Bonchev–Trinajstić information content (AvgIpc) is 3.38. The zero-order valence-corrected chi connectivity index (χ0v) is 17.1. The quantitative estimate of drug-likeness (QED) is 0.446. The lowest BCUT2D eigenvalue weighted by atomic mass is 9.99. The Hall–Kier alpha value is -3.27. The van der Waals surface area contributed by atoms with Crippen molar-refractivity contribution >= 4 is 17.2 Å². The normalized spacial score (nSPS) is 14.5. The van der Waals surface area contributed by atoms with Crippen LogP contribution >= 0.6 is 0 Å². The van der Waals surface area contributed by atoms with Crippen molar-refractivity contribution in [2.24, 2.45) is 0 Å². The van der Waals surface area contributed by atoms with Gasteiger partial charge >= 0.3 is 0 Å². The van der Waals surface area contributed by atoms with Gasteiger partial charge in [0.05, 0.1) is 30.1 Å². The van der Waals surface area contributed by atoms with E-state index in [0.717, 1.165) is 16.5 Å². The summed E-state index contributed by atoms with van der Waals surface area (Å²) in [6.45, 7) is 1.07. The van der Waals surface area contributed by atoms with Crippen LogP contribution in [0.25, 0.3) is 22.3 Å². The maximum atomic E-state index is 13.3. The van der Waals surface area contributed by atoms with E-state index in [9.17, 15) is 14.7 Å². The fourth-order valence-corrected chi connectivity index (χ4v) is 4.37. The van der Waals surface area contributed by atoms with E-state index in [1.807, 2.05) is 19.2 Å². The molecule has 1 unspecified atom stereocenters. The number of fused-ring (bicyclic) bond motifs is 5. The second-order valence-electron chi connectivity index (χ2n) is 7.54. The van der Waals surface area contributed by atoms with Gasteiger partial charge in [-0.2, -0.15) is 0 Å². The smallest absolute Gasteiger partial charge is 0.257 e. The van der Waals surface area contributed by atoms with E-state index in [1.165, 1.54) is 7.11 Å². The summed E-state index contributed by atoms with van der Waals surface area (Å²) in [5, 5.41) is 14.3. The third kappa shape index (κ3) is 2.93. The van der Waals surface area contributed by atoms with Gasteiger partial charge in [0, 0.05) is 41.8 Å². The standard InChI is InChI=1S/C22H21N3O6/c1-23-6-13-11-4-19-20(31-10-30-19)5-16(11)24-21-14(13)7-25-17(21)3-12(18(27)8-26)15(9-29-2)22(25)28/h3-5,8,18,23,27H,6-7,9-10H2,1-2H3. The van der Waals surface area contributed by atoms with E-state index >= 15 is 0 Å². The molecule has 2 aliphatic heterocycles. The highest BCUT2D eigenvalue weighted by atomic mass is 16.7. The molecule has 1 atom stereocenters. The summed E-state index contributed by atoms with van der Waals surface area (Å²) in [6, 6.07) is 5.41. The molecule has 0 bridgehead atoms. The fraction of sp³-hybridized carbons (Fsp3) is 0.318. The van der Waals surface area contributed by atoms with Crippen molar-refractivity contribution in [1.82, 2.24) is 14.9 Å². The van der Waals surface area contributed by atoms with Crippen LogP contribution in [-0.2, 0) is 29.2 Å². The summed E-state index contributed by atoms with van der Waals surface area (Å²) < 4.78 is 17.8. The minimum absolute atomic E-state index is 0.00410. The predicted molar refractivity (Wildman–Crippen MR) is 111 cm³/mol. The van der Waals surface area contributed by atoms with Gasteiger partial charge in [0.15, 0.2) is 17.8 Å².